The van der Waals surface area contributed by atoms with Crippen molar-refractivity contribution >= 4 is 23.0 Å². The smallest absolute Gasteiger partial charge is 0.338 e. The van der Waals surface area contributed by atoms with Gasteiger partial charge in [0.2, 0.25) is 5.89 Å². The van der Waals surface area contributed by atoms with Crippen molar-refractivity contribution in [1.29, 1.82) is 0 Å². The van der Waals surface area contributed by atoms with E-state index in [0.29, 0.717) is 11.6 Å². The van der Waals surface area contributed by atoms with Gasteiger partial charge < -0.3 is 14.5 Å². The molecule has 9 nitrogen and oxygen atoms in total. The van der Waals surface area contributed by atoms with Crippen LogP contribution in [0.3, 0.4) is 0 Å². The first-order valence-corrected chi connectivity index (χ1v) is 7.59. The van der Waals surface area contributed by atoms with Crippen molar-refractivity contribution in [1.82, 2.24) is 10.2 Å². The monoisotopic (exact) mass is 354 g/mol. The predicted molar refractivity (Wildman–Crippen MR) is 91.0 cm³/mol. The molecule has 0 saturated heterocycles. The summed E-state index contributed by atoms with van der Waals surface area (Å²) in [5.41, 5.74) is 0.770. The Labute approximate surface area is 147 Å². The topological polar surface area (TPSA) is 120 Å². The Balaban J connectivity index is 1.77. The highest BCUT2D eigenvalue weighted by molar-refractivity contribution is 5.91. The second-order valence-electron chi connectivity index (χ2n) is 5.27. The van der Waals surface area contributed by atoms with Crippen LogP contribution < -0.4 is 5.32 Å². The molecule has 9 heteroatoms. The van der Waals surface area contributed by atoms with E-state index in [0.717, 1.165) is 6.07 Å². The summed E-state index contributed by atoms with van der Waals surface area (Å²) in [4.78, 5) is 22.9. The molecule has 0 aliphatic carbocycles. The Hall–Kier alpha value is -3.75. The van der Waals surface area contributed by atoms with Crippen molar-refractivity contribution in [2.75, 3.05) is 5.32 Å². The van der Waals surface area contributed by atoms with Gasteiger partial charge in [-0.05, 0) is 24.3 Å². The first-order valence-electron chi connectivity index (χ1n) is 7.59. The minimum atomic E-state index is -0.727. The molecule has 1 heterocycles. The molecule has 0 spiro atoms. The number of nitrogens with zero attached hydrogens (tertiary/aromatic N) is 3. The van der Waals surface area contributed by atoms with E-state index >= 15 is 0 Å². The van der Waals surface area contributed by atoms with Crippen molar-refractivity contribution in [3.8, 4) is 0 Å². The van der Waals surface area contributed by atoms with Gasteiger partial charge >= 0.3 is 5.97 Å². The molecule has 0 bridgehead atoms. The maximum Gasteiger partial charge on any atom is 0.338 e. The number of anilines is 2. The van der Waals surface area contributed by atoms with Crippen molar-refractivity contribution in [2.45, 2.75) is 13.5 Å². The maximum atomic E-state index is 12.1. The van der Waals surface area contributed by atoms with E-state index in [1.54, 1.807) is 31.2 Å². The Morgan fingerprint density at radius 2 is 2.00 bits per heavy atom. The van der Waals surface area contributed by atoms with Gasteiger partial charge in [-0.3, -0.25) is 10.1 Å². The zero-order chi connectivity index (χ0) is 18.5. The molecule has 0 aliphatic rings. The second kappa shape index (κ2) is 7.43. The van der Waals surface area contributed by atoms with E-state index < -0.39 is 10.9 Å². The summed E-state index contributed by atoms with van der Waals surface area (Å²) in [7, 11) is 0. The van der Waals surface area contributed by atoms with E-state index in [9.17, 15) is 14.9 Å². The largest absolute Gasteiger partial charge is 0.452 e. The molecule has 0 fully saturated rings. The molecule has 132 valence electrons. The lowest BCUT2D eigenvalue weighted by molar-refractivity contribution is -0.383. The number of nitrogens with one attached hydrogen (secondary N) is 1. The lowest BCUT2D eigenvalue weighted by Gasteiger charge is -2.08. The third-order valence-electron chi connectivity index (χ3n) is 3.38. The van der Waals surface area contributed by atoms with Crippen LogP contribution in [0.25, 0.3) is 0 Å². The number of aromatic nitrogens is 2. The number of ether oxygens (including phenoxy) is 1. The minimum absolute atomic E-state index is 0.0477. The fourth-order valence-corrected chi connectivity index (χ4v) is 2.20. The minimum Gasteiger partial charge on any atom is -0.452 e. The maximum absolute atomic E-state index is 12.1. The number of hydrogen-bond donors (Lipinski definition) is 1. The summed E-state index contributed by atoms with van der Waals surface area (Å²) in [6.45, 7) is 1.40. The zero-order valence-electron chi connectivity index (χ0n) is 13.7. The van der Waals surface area contributed by atoms with Crippen molar-refractivity contribution in [3.63, 3.8) is 0 Å². The molecule has 26 heavy (non-hydrogen) atoms. The Morgan fingerprint density at radius 3 is 2.65 bits per heavy atom. The van der Waals surface area contributed by atoms with Crippen LogP contribution in [0.15, 0.2) is 52.9 Å². The third kappa shape index (κ3) is 4.01. The molecular weight excluding hydrogens is 340 g/mol. The molecule has 3 rings (SSSR count). The molecule has 0 saturated carbocycles. The second-order valence-corrected chi connectivity index (χ2v) is 5.27. The highest BCUT2D eigenvalue weighted by atomic mass is 16.6. The van der Waals surface area contributed by atoms with Gasteiger partial charge in [-0.2, -0.15) is 0 Å². The molecule has 2 aromatic carbocycles. The van der Waals surface area contributed by atoms with Crippen molar-refractivity contribution in [2.24, 2.45) is 0 Å². The number of benzene rings is 2. The van der Waals surface area contributed by atoms with Gasteiger partial charge in [0, 0.05) is 18.7 Å². The summed E-state index contributed by atoms with van der Waals surface area (Å²) >= 11 is 0. The number of hydrogen-bond acceptors (Lipinski definition) is 8. The van der Waals surface area contributed by atoms with E-state index in [1.165, 1.54) is 12.1 Å². The highest BCUT2D eigenvalue weighted by Crippen LogP contribution is 2.29. The quantitative estimate of drug-likeness (QED) is 0.406. The molecule has 0 unspecified atom stereocenters. The van der Waals surface area contributed by atoms with Gasteiger partial charge in [-0.15, -0.1) is 10.2 Å². The Kier molecular flexibility index (Phi) is 4.88. The Morgan fingerprint density at radius 1 is 1.23 bits per heavy atom. The number of aryl methyl sites for hydroxylation is 1. The molecule has 1 N–H and O–H groups in total. The third-order valence-corrected chi connectivity index (χ3v) is 3.38. The average Bonchev–Trinajstić information content (AvgIpc) is 3.06. The summed E-state index contributed by atoms with van der Waals surface area (Å²) in [5, 5.41) is 21.6. The normalized spacial score (nSPS) is 10.3. The predicted octanol–water partition coefficient (Wildman–Crippen LogP) is 3.39. The molecular formula is C17H14N4O5. The van der Waals surface area contributed by atoms with Crippen LogP contribution in [-0.2, 0) is 11.3 Å². The number of nitro benzene ring substituents is 1. The van der Waals surface area contributed by atoms with Crippen LogP contribution in [0.1, 0.15) is 22.1 Å². The van der Waals surface area contributed by atoms with Gasteiger partial charge in [0.15, 0.2) is 6.61 Å². The van der Waals surface area contributed by atoms with Gasteiger partial charge in [-0.1, -0.05) is 18.2 Å². The van der Waals surface area contributed by atoms with E-state index in [-0.39, 0.29) is 29.4 Å². The highest BCUT2D eigenvalue weighted by Gasteiger charge is 2.19. The number of rotatable bonds is 6. The molecule has 0 radical (unpaired) electrons. The van der Waals surface area contributed by atoms with Crippen LogP contribution in [-0.4, -0.2) is 21.1 Å². The number of nitro groups is 1. The first-order chi connectivity index (χ1) is 12.5. The van der Waals surface area contributed by atoms with Gasteiger partial charge in [0.05, 0.1) is 10.5 Å². The zero-order valence-corrected chi connectivity index (χ0v) is 13.7. The lowest BCUT2D eigenvalue weighted by atomic mass is 10.1. The summed E-state index contributed by atoms with van der Waals surface area (Å²) in [6, 6.07) is 13.1. The van der Waals surface area contributed by atoms with Crippen LogP contribution in [0.5, 0.6) is 0 Å². The standard InChI is InChI=1S/C17H14N4O5/c1-11-19-20-16(26-11)10-25-17(22)12-7-8-14(15(9-12)21(23)24)18-13-5-3-2-4-6-13/h2-9,18H,10H2,1H3. The summed E-state index contributed by atoms with van der Waals surface area (Å²) in [5.74, 6) is -0.231. The van der Waals surface area contributed by atoms with Crippen molar-refractivity contribution < 1.29 is 18.9 Å². The van der Waals surface area contributed by atoms with Crippen LogP contribution >= 0.6 is 0 Å². The van der Waals surface area contributed by atoms with Gasteiger partial charge in [0.25, 0.3) is 11.6 Å². The molecule has 0 atom stereocenters. The van der Waals surface area contributed by atoms with Gasteiger partial charge in [-0.25, -0.2) is 4.79 Å². The van der Waals surface area contributed by atoms with Crippen molar-refractivity contribution in [3.05, 3.63) is 76.0 Å². The Bertz CT molecular complexity index is 939. The molecule has 1 aromatic heterocycles. The fourth-order valence-electron chi connectivity index (χ4n) is 2.20. The van der Waals surface area contributed by atoms with Gasteiger partial charge in [0.1, 0.15) is 5.69 Å². The SMILES string of the molecule is Cc1nnc(COC(=O)c2ccc(Nc3ccccc3)c([N+](=O)[O-])c2)o1. The van der Waals surface area contributed by atoms with Crippen LogP contribution in [0.4, 0.5) is 17.1 Å². The van der Waals surface area contributed by atoms with E-state index in [2.05, 4.69) is 15.5 Å². The number of carbonyl (C=O) groups excluding carboxylic acids is 1. The number of para-hydroxylation sites is 1. The number of carbonyl (C=O) groups is 1. The summed E-state index contributed by atoms with van der Waals surface area (Å²) in [6.07, 6.45) is 0. The lowest BCUT2D eigenvalue weighted by Crippen LogP contribution is -2.07. The average molecular weight is 354 g/mol. The molecule has 0 aliphatic heterocycles. The molecule has 3 aromatic rings. The first kappa shape index (κ1) is 17.1. The van der Waals surface area contributed by atoms with Crippen LogP contribution in [0, 0.1) is 17.0 Å². The van der Waals surface area contributed by atoms with Crippen LogP contribution in [0.2, 0.25) is 0 Å². The number of esters is 1. The summed E-state index contributed by atoms with van der Waals surface area (Å²) < 4.78 is 10.1. The fraction of sp³-hybridized carbons (Fsp3) is 0.118. The molecule has 0 amide bonds. The van der Waals surface area contributed by atoms with E-state index in [1.807, 2.05) is 6.07 Å². The van der Waals surface area contributed by atoms with E-state index in [4.69, 9.17) is 9.15 Å².